The Hall–Kier alpha value is -2.92. The van der Waals surface area contributed by atoms with E-state index in [1.54, 1.807) is 6.20 Å². The highest BCUT2D eigenvalue weighted by molar-refractivity contribution is 5.40. The molecule has 4 rings (SSSR count). The molecule has 5 heteroatoms. The Kier molecular flexibility index (Phi) is 5.73. The normalized spacial score (nSPS) is 18.5. The Morgan fingerprint density at radius 1 is 1.00 bits per heavy atom. The summed E-state index contributed by atoms with van der Waals surface area (Å²) in [7, 11) is 0. The van der Waals surface area contributed by atoms with E-state index >= 15 is 0 Å². The highest BCUT2D eigenvalue weighted by atomic mass is 16.5. The third-order valence-corrected chi connectivity index (χ3v) is 5.90. The van der Waals surface area contributed by atoms with Gasteiger partial charge in [0.05, 0.1) is 11.8 Å². The summed E-state index contributed by atoms with van der Waals surface area (Å²) >= 11 is 0. The van der Waals surface area contributed by atoms with E-state index in [1.807, 2.05) is 18.2 Å². The van der Waals surface area contributed by atoms with Crippen molar-refractivity contribution >= 4 is 5.95 Å². The molecule has 0 saturated heterocycles. The number of aliphatic hydroxyl groups is 1. The zero-order valence-electron chi connectivity index (χ0n) is 17.8. The van der Waals surface area contributed by atoms with Gasteiger partial charge in [-0.25, -0.2) is 9.97 Å². The molecular formula is C25H29N3O2. The van der Waals surface area contributed by atoms with Gasteiger partial charge in [0.1, 0.15) is 12.4 Å². The molecule has 2 aromatic carbocycles. The minimum absolute atomic E-state index is 0.0748. The Labute approximate surface area is 178 Å². The smallest absolute Gasteiger partial charge is 0.223 e. The second kappa shape index (κ2) is 8.44. The Morgan fingerprint density at radius 3 is 2.27 bits per heavy atom. The fourth-order valence-corrected chi connectivity index (χ4v) is 3.70. The van der Waals surface area contributed by atoms with Crippen molar-refractivity contribution in [2.24, 2.45) is 0 Å². The molecule has 3 aromatic rings. The number of aliphatic hydroxyl groups excluding tert-OH is 1. The average Bonchev–Trinajstić information content (AvgIpc) is 2.72. The number of nitrogens with one attached hydrogen (secondary N) is 1. The van der Waals surface area contributed by atoms with Crippen LogP contribution in [0.25, 0.3) is 0 Å². The molecule has 1 saturated carbocycles. The van der Waals surface area contributed by atoms with Gasteiger partial charge >= 0.3 is 0 Å². The largest absolute Gasteiger partial charge is 0.487 e. The first kappa shape index (κ1) is 20.4. The zero-order chi connectivity index (χ0) is 21.1. The molecule has 1 aromatic heterocycles. The number of aromatic nitrogens is 2. The van der Waals surface area contributed by atoms with E-state index in [1.165, 1.54) is 16.7 Å². The van der Waals surface area contributed by atoms with E-state index in [4.69, 9.17) is 4.74 Å². The number of rotatable bonds is 7. The van der Waals surface area contributed by atoms with Crippen LogP contribution in [0.15, 0.2) is 60.8 Å². The lowest BCUT2D eigenvalue weighted by Gasteiger charge is -2.31. The molecule has 1 aliphatic carbocycles. The van der Waals surface area contributed by atoms with Crippen molar-refractivity contribution in [3.05, 3.63) is 83.2 Å². The monoisotopic (exact) mass is 403 g/mol. The van der Waals surface area contributed by atoms with Crippen LogP contribution >= 0.6 is 0 Å². The first-order chi connectivity index (χ1) is 14.4. The van der Waals surface area contributed by atoms with Crippen molar-refractivity contribution in [3.63, 3.8) is 0 Å². The molecule has 156 valence electrons. The van der Waals surface area contributed by atoms with Crippen LogP contribution in [0.5, 0.6) is 5.75 Å². The molecular weight excluding hydrogens is 374 g/mol. The molecule has 2 N–H and O–H groups in total. The van der Waals surface area contributed by atoms with E-state index in [0.717, 1.165) is 24.3 Å². The second-order valence-corrected chi connectivity index (χ2v) is 8.64. The molecule has 5 nitrogen and oxygen atoms in total. The number of benzene rings is 2. The summed E-state index contributed by atoms with van der Waals surface area (Å²) in [5.41, 5.74) is 4.55. The SMILES string of the molecule is Cc1ccc(C(C)(C)c2ccc(OCc3ccnc(NC4CC(O)C4)n3)cc2)cc1. The van der Waals surface area contributed by atoms with E-state index in [0.29, 0.717) is 12.6 Å². The lowest BCUT2D eigenvalue weighted by Crippen LogP contribution is -2.39. The van der Waals surface area contributed by atoms with Crippen LogP contribution in [-0.2, 0) is 12.0 Å². The van der Waals surface area contributed by atoms with Gasteiger partial charge < -0.3 is 15.2 Å². The summed E-state index contributed by atoms with van der Waals surface area (Å²) in [6.07, 6.45) is 3.02. The van der Waals surface area contributed by atoms with Gasteiger partial charge in [0.25, 0.3) is 0 Å². The van der Waals surface area contributed by atoms with Crippen LogP contribution in [0.4, 0.5) is 5.95 Å². The molecule has 0 unspecified atom stereocenters. The third kappa shape index (κ3) is 4.62. The second-order valence-electron chi connectivity index (χ2n) is 8.64. The van der Waals surface area contributed by atoms with Crippen LogP contribution in [0.3, 0.4) is 0 Å². The summed E-state index contributed by atoms with van der Waals surface area (Å²) in [5, 5.41) is 12.7. The van der Waals surface area contributed by atoms with Crippen LogP contribution in [0.2, 0.25) is 0 Å². The summed E-state index contributed by atoms with van der Waals surface area (Å²) in [5.74, 6) is 1.40. The molecule has 0 aliphatic heterocycles. The number of nitrogens with zero attached hydrogens (tertiary/aromatic N) is 2. The Balaban J connectivity index is 1.37. The molecule has 0 atom stereocenters. The number of anilines is 1. The van der Waals surface area contributed by atoms with Crippen molar-refractivity contribution in [3.8, 4) is 5.75 Å². The highest BCUT2D eigenvalue weighted by Gasteiger charge is 2.27. The maximum atomic E-state index is 9.41. The van der Waals surface area contributed by atoms with Crippen molar-refractivity contribution in [1.29, 1.82) is 0 Å². The Morgan fingerprint density at radius 2 is 1.63 bits per heavy atom. The fourth-order valence-electron chi connectivity index (χ4n) is 3.70. The summed E-state index contributed by atoms with van der Waals surface area (Å²) in [6, 6.07) is 19.1. The lowest BCUT2D eigenvalue weighted by atomic mass is 9.78. The third-order valence-electron chi connectivity index (χ3n) is 5.90. The van der Waals surface area contributed by atoms with Crippen LogP contribution < -0.4 is 10.1 Å². The van der Waals surface area contributed by atoms with Gasteiger partial charge in [-0.05, 0) is 49.1 Å². The van der Waals surface area contributed by atoms with Gasteiger partial charge in [0.15, 0.2) is 0 Å². The van der Waals surface area contributed by atoms with Gasteiger partial charge in [-0.1, -0.05) is 55.8 Å². The number of hydrogen-bond acceptors (Lipinski definition) is 5. The van der Waals surface area contributed by atoms with Crippen LogP contribution in [-0.4, -0.2) is 27.2 Å². The maximum absolute atomic E-state index is 9.41. The molecule has 0 radical (unpaired) electrons. The fraction of sp³-hybridized carbons (Fsp3) is 0.360. The average molecular weight is 404 g/mol. The molecule has 0 spiro atoms. The summed E-state index contributed by atoms with van der Waals surface area (Å²) in [6.45, 7) is 6.97. The van der Waals surface area contributed by atoms with E-state index in [9.17, 15) is 5.11 Å². The van der Waals surface area contributed by atoms with E-state index < -0.39 is 0 Å². The molecule has 1 aliphatic rings. The van der Waals surface area contributed by atoms with Crippen LogP contribution in [0.1, 0.15) is 49.1 Å². The topological polar surface area (TPSA) is 67.3 Å². The van der Waals surface area contributed by atoms with Crippen molar-refractivity contribution < 1.29 is 9.84 Å². The van der Waals surface area contributed by atoms with Gasteiger partial charge in [-0.2, -0.15) is 0 Å². The number of aryl methyl sites for hydroxylation is 1. The molecule has 1 heterocycles. The van der Waals surface area contributed by atoms with Gasteiger partial charge in [0.2, 0.25) is 5.95 Å². The van der Waals surface area contributed by atoms with Gasteiger partial charge in [-0.15, -0.1) is 0 Å². The molecule has 0 bridgehead atoms. The minimum atomic E-state index is -0.201. The van der Waals surface area contributed by atoms with Crippen molar-refractivity contribution in [2.45, 2.75) is 57.8 Å². The minimum Gasteiger partial charge on any atom is -0.487 e. The first-order valence-corrected chi connectivity index (χ1v) is 10.5. The quantitative estimate of drug-likeness (QED) is 0.602. The molecule has 30 heavy (non-hydrogen) atoms. The number of hydrogen-bond donors (Lipinski definition) is 2. The Bertz CT molecular complexity index is 978. The predicted octanol–water partition coefficient (Wildman–Crippen LogP) is 4.63. The first-order valence-electron chi connectivity index (χ1n) is 10.5. The molecule has 1 fully saturated rings. The zero-order valence-corrected chi connectivity index (χ0v) is 17.8. The van der Waals surface area contributed by atoms with Gasteiger partial charge in [0, 0.05) is 17.7 Å². The maximum Gasteiger partial charge on any atom is 0.223 e. The highest BCUT2D eigenvalue weighted by Crippen LogP contribution is 2.32. The van der Waals surface area contributed by atoms with Gasteiger partial charge in [-0.3, -0.25) is 0 Å². The standard InChI is InChI=1S/C25H29N3O2/c1-17-4-6-18(7-5-17)25(2,3)19-8-10-23(11-9-19)30-16-20-12-13-26-24(27-20)28-21-14-22(29)15-21/h4-13,21-22,29H,14-16H2,1-3H3,(H,26,27,28). The predicted molar refractivity (Wildman–Crippen MR) is 119 cm³/mol. The summed E-state index contributed by atoms with van der Waals surface area (Å²) in [4.78, 5) is 8.76. The van der Waals surface area contributed by atoms with Crippen molar-refractivity contribution in [1.82, 2.24) is 9.97 Å². The lowest BCUT2D eigenvalue weighted by molar-refractivity contribution is 0.0834. The van der Waals surface area contributed by atoms with E-state index in [2.05, 4.69) is 72.5 Å². The summed E-state index contributed by atoms with van der Waals surface area (Å²) < 4.78 is 5.94. The van der Waals surface area contributed by atoms with Crippen LogP contribution in [0, 0.1) is 6.92 Å². The molecule has 0 amide bonds. The van der Waals surface area contributed by atoms with Crippen molar-refractivity contribution in [2.75, 3.05) is 5.32 Å². The van der Waals surface area contributed by atoms with E-state index in [-0.39, 0.29) is 17.6 Å². The number of ether oxygens (including phenoxy) is 1.